The lowest BCUT2D eigenvalue weighted by Crippen LogP contribution is -2.13. The zero-order valence-electron chi connectivity index (χ0n) is 17.1. The number of hydrogen-bond acceptors (Lipinski definition) is 5. The molecule has 1 aromatic carbocycles. The van der Waals surface area contributed by atoms with Gasteiger partial charge in [0.15, 0.2) is 5.82 Å². The van der Waals surface area contributed by atoms with Crippen LogP contribution in [0.3, 0.4) is 0 Å². The van der Waals surface area contributed by atoms with Crippen LogP contribution in [0.15, 0.2) is 49.1 Å². The predicted octanol–water partition coefficient (Wildman–Crippen LogP) is 5.33. The van der Waals surface area contributed by atoms with E-state index in [9.17, 15) is 31.1 Å². The van der Waals surface area contributed by atoms with Gasteiger partial charge in [-0.05, 0) is 38.1 Å². The third kappa shape index (κ3) is 5.96. The van der Waals surface area contributed by atoms with Gasteiger partial charge < -0.3 is 4.74 Å². The maximum absolute atomic E-state index is 13.1. The molecule has 0 fully saturated rings. The molecule has 0 saturated heterocycles. The van der Waals surface area contributed by atoms with E-state index in [0.717, 1.165) is 11.0 Å². The molecule has 3 rings (SSSR count). The summed E-state index contributed by atoms with van der Waals surface area (Å²) in [5.74, 6) is -1.13. The third-order valence-electron chi connectivity index (χ3n) is 4.15. The average molecular weight is 470 g/mol. The molecule has 0 saturated carbocycles. The second kappa shape index (κ2) is 9.04. The van der Waals surface area contributed by atoms with Crippen LogP contribution in [0.5, 0.6) is 0 Å². The summed E-state index contributed by atoms with van der Waals surface area (Å²) in [4.78, 5) is 20.2. The minimum atomic E-state index is -5.01. The Morgan fingerprint density at radius 2 is 1.70 bits per heavy atom. The number of ether oxygens (including phenoxy) is 1. The van der Waals surface area contributed by atoms with E-state index >= 15 is 0 Å². The van der Waals surface area contributed by atoms with Crippen molar-refractivity contribution in [3.05, 3.63) is 65.7 Å². The molecule has 0 N–H and O–H groups in total. The first-order valence-electron chi connectivity index (χ1n) is 9.39. The Morgan fingerprint density at radius 3 is 2.21 bits per heavy atom. The van der Waals surface area contributed by atoms with Gasteiger partial charge in [-0.25, -0.2) is 14.5 Å². The second-order valence-electron chi connectivity index (χ2n) is 7.08. The Balaban J connectivity index is 2.06. The van der Waals surface area contributed by atoms with Crippen LogP contribution < -0.4 is 0 Å². The summed E-state index contributed by atoms with van der Waals surface area (Å²) in [6, 6.07) is 4.20. The van der Waals surface area contributed by atoms with E-state index in [-0.39, 0.29) is 11.6 Å². The predicted molar refractivity (Wildman–Crippen MR) is 105 cm³/mol. The van der Waals surface area contributed by atoms with Gasteiger partial charge >= 0.3 is 18.3 Å². The first-order chi connectivity index (χ1) is 15.3. The molecule has 0 aliphatic heterocycles. The minimum absolute atomic E-state index is 0.00766. The summed E-state index contributed by atoms with van der Waals surface area (Å²) >= 11 is 0. The molecule has 6 nitrogen and oxygen atoms in total. The SMILES string of the molecule is CC(C)OC(=O)/C(=C\n1cnc(-c2cc(C(F)(F)F)cc(C(F)(F)F)c2)n1)c1cccnc1. The lowest BCUT2D eigenvalue weighted by Gasteiger charge is -2.13. The number of rotatable bonds is 5. The van der Waals surface area contributed by atoms with Crippen LogP contribution in [-0.2, 0) is 21.9 Å². The molecular weight excluding hydrogens is 454 g/mol. The number of pyridine rings is 1. The highest BCUT2D eigenvalue weighted by Gasteiger charge is 2.37. The number of benzene rings is 1. The van der Waals surface area contributed by atoms with Gasteiger partial charge in [0, 0.05) is 29.7 Å². The summed E-state index contributed by atoms with van der Waals surface area (Å²) in [7, 11) is 0. The Hall–Kier alpha value is -3.70. The normalized spacial score (nSPS) is 12.8. The van der Waals surface area contributed by atoms with Crippen LogP contribution in [0, 0.1) is 0 Å². The molecular formula is C21H16F6N4O2. The van der Waals surface area contributed by atoms with E-state index in [1.165, 1.54) is 18.6 Å². The van der Waals surface area contributed by atoms with Crippen molar-refractivity contribution in [1.29, 1.82) is 0 Å². The highest BCUT2D eigenvalue weighted by Crippen LogP contribution is 2.38. The molecule has 0 aliphatic carbocycles. The summed E-state index contributed by atoms with van der Waals surface area (Å²) in [5.41, 5.74) is -3.10. The van der Waals surface area contributed by atoms with Gasteiger partial charge in [-0.2, -0.15) is 26.3 Å². The van der Waals surface area contributed by atoms with E-state index in [2.05, 4.69) is 15.1 Å². The van der Waals surface area contributed by atoms with Crippen molar-refractivity contribution in [3.8, 4) is 11.4 Å². The van der Waals surface area contributed by atoms with Crippen LogP contribution in [-0.4, -0.2) is 31.8 Å². The highest BCUT2D eigenvalue weighted by molar-refractivity contribution is 6.20. The number of nitrogens with zero attached hydrogens (tertiary/aromatic N) is 4. The average Bonchev–Trinajstić information content (AvgIpc) is 3.19. The molecule has 0 amide bonds. The van der Waals surface area contributed by atoms with E-state index < -0.39 is 46.9 Å². The minimum Gasteiger partial charge on any atom is -0.459 e. The van der Waals surface area contributed by atoms with Crippen molar-refractivity contribution < 1.29 is 35.9 Å². The van der Waals surface area contributed by atoms with Crippen LogP contribution in [0.4, 0.5) is 26.3 Å². The lowest BCUT2D eigenvalue weighted by molar-refractivity contribution is -0.143. The smallest absolute Gasteiger partial charge is 0.416 e. The zero-order valence-corrected chi connectivity index (χ0v) is 17.1. The first-order valence-corrected chi connectivity index (χ1v) is 9.39. The summed E-state index contributed by atoms with van der Waals surface area (Å²) in [6.07, 6.45) is -5.37. The number of esters is 1. The standard InChI is InChI=1S/C21H16F6N4O2/c1-12(2)33-19(32)17(13-4-3-5-28-9-13)10-31-11-29-18(30-31)14-6-15(20(22,23)24)8-16(7-14)21(25,26)27/h3-12H,1-2H3/b17-10-. The van der Waals surface area contributed by atoms with Gasteiger partial charge in [-0.1, -0.05) is 6.07 Å². The molecule has 0 aliphatic rings. The number of carbonyl (C=O) groups is 1. The molecule has 174 valence electrons. The summed E-state index contributed by atoms with van der Waals surface area (Å²) in [5, 5.41) is 3.92. The molecule has 0 atom stereocenters. The Labute approximate surface area is 183 Å². The number of halogens is 6. The highest BCUT2D eigenvalue weighted by atomic mass is 19.4. The van der Waals surface area contributed by atoms with Crippen LogP contribution in [0.25, 0.3) is 23.2 Å². The third-order valence-corrected chi connectivity index (χ3v) is 4.15. The number of carbonyl (C=O) groups excluding carboxylic acids is 1. The van der Waals surface area contributed by atoms with E-state index in [1.807, 2.05) is 0 Å². The van der Waals surface area contributed by atoms with E-state index in [4.69, 9.17) is 4.74 Å². The fraction of sp³-hybridized carbons (Fsp3) is 0.238. The molecule has 0 spiro atoms. The summed E-state index contributed by atoms with van der Waals surface area (Å²) in [6.45, 7) is 3.27. The molecule has 33 heavy (non-hydrogen) atoms. The Morgan fingerprint density at radius 1 is 1.06 bits per heavy atom. The monoisotopic (exact) mass is 470 g/mol. The van der Waals surface area contributed by atoms with Gasteiger partial charge in [0.05, 0.1) is 22.8 Å². The van der Waals surface area contributed by atoms with Gasteiger partial charge in [-0.15, -0.1) is 5.10 Å². The van der Waals surface area contributed by atoms with Crippen molar-refractivity contribution in [2.24, 2.45) is 0 Å². The van der Waals surface area contributed by atoms with Crippen molar-refractivity contribution in [3.63, 3.8) is 0 Å². The van der Waals surface area contributed by atoms with Gasteiger partial charge in [0.2, 0.25) is 0 Å². The van der Waals surface area contributed by atoms with Crippen molar-refractivity contribution in [2.45, 2.75) is 32.3 Å². The zero-order chi connectivity index (χ0) is 24.4. The quantitative estimate of drug-likeness (QED) is 0.287. The van der Waals surface area contributed by atoms with Crippen LogP contribution in [0.2, 0.25) is 0 Å². The fourth-order valence-corrected chi connectivity index (χ4v) is 2.73. The molecule has 2 aromatic heterocycles. The maximum Gasteiger partial charge on any atom is 0.416 e. The second-order valence-corrected chi connectivity index (χ2v) is 7.08. The topological polar surface area (TPSA) is 69.9 Å². The van der Waals surface area contributed by atoms with Gasteiger partial charge in [0.25, 0.3) is 0 Å². The van der Waals surface area contributed by atoms with Crippen LogP contribution in [0.1, 0.15) is 30.5 Å². The molecule has 3 aromatic rings. The fourth-order valence-electron chi connectivity index (χ4n) is 2.73. The van der Waals surface area contributed by atoms with Gasteiger partial charge in [-0.3, -0.25) is 4.98 Å². The Kier molecular flexibility index (Phi) is 6.56. The molecule has 0 bridgehead atoms. The van der Waals surface area contributed by atoms with Crippen molar-refractivity contribution in [1.82, 2.24) is 19.7 Å². The number of hydrogen-bond donors (Lipinski definition) is 0. The maximum atomic E-state index is 13.1. The first kappa shape index (κ1) is 24.0. The largest absolute Gasteiger partial charge is 0.459 e. The molecule has 2 heterocycles. The summed E-state index contributed by atoms with van der Waals surface area (Å²) < 4.78 is 85.0. The molecule has 0 unspecified atom stereocenters. The van der Waals surface area contributed by atoms with E-state index in [0.29, 0.717) is 17.7 Å². The molecule has 12 heteroatoms. The van der Waals surface area contributed by atoms with Gasteiger partial charge in [0.1, 0.15) is 6.33 Å². The van der Waals surface area contributed by atoms with Crippen LogP contribution >= 0.6 is 0 Å². The number of aromatic nitrogens is 4. The van der Waals surface area contributed by atoms with E-state index in [1.54, 1.807) is 26.0 Å². The lowest BCUT2D eigenvalue weighted by atomic mass is 10.0. The van der Waals surface area contributed by atoms with Crippen molar-refractivity contribution in [2.75, 3.05) is 0 Å². The van der Waals surface area contributed by atoms with Crippen molar-refractivity contribution >= 4 is 17.7 Å². The molecule has 0 radical (unpaired) electrons. The Bertz CT molecular complexity index is 1140. The number of alkyl halides is 6.